The molecule has 0 saturated carbocycles. The Kier molecular flexibility index (Phi) is 6.00. The largest absolute Gasteiger partial charge is 0.461 e. The molecule has 3 aliphatic rings. The first-order chi connectivity index (χ1) is 17.2. The highest BCUT2D eigenvalue weighted by atomic mass is 16.5. The molecule has 1 aliphatic carbocycles. The van der Waals surface area contributed by atoms with Crippen LogP contribution in [0.15, 0.2) is 30.5 Å². The molecule has 0 spiro atoms. The van der Waals surface area contributed by atoms with Crippen molar-refractivity contribution < 1.29 is 4.74 Å². The monoisotopic (exact) mass is 472 g/mol. The Morgan fingerprint density at radius 2 is 2.14 bits per heavy atom. The van der Waals surface area contributed by atoms with Crippen LogP contribution in [0.25, 0.3) is 5.65 Å². The number of rotatable bonds is 6. The van der Waals surface area contributed by atoms with Crippen LogP contribution >= 0.6 is 0 Å². The van der Waals surface area contributed by atoms with E-state index in [1.165, 1.54) is 17.5 Å². The lowest BCUT2D eigenvalue weighted by molar-refractivity contribution is 0.185. The van der Waals surface area contributed by atoms with Gasteiger partial charge in [-0.1, -0.05) is 24.3 Å². The molecule has 182 valence electrons. The van der Waals surface area contributed by atoms with Gasteiger partial charge in [0.1, 0.15) is 6.61 Å². The number of likely N-dealkylation sites (N-methyl/N-ethyl adjacent to an activating group) is 1. The highest BCUT2D eigenvalue weighted by Crippen LogP contribution is 2.38. The molecular weight excluding hydrogens is 440 g/mol. The summed E-state index contributed by atoms with van der Waals surface area (Å²) in [5, 5.41) is 17.5. The van der Waals surface area contributed by atoms with Crippen LogP contribution in [0.2, 0.25) is 0 Å². The van der Waals surface area contributed by atoms with Gasteiger partial charge in [0.15, 0.2) is 11.5 Å². The Morgan fingerprint density at radius 1 is 1.23 bits per heavy atom. The van der Waals surface area contributed by atoms with Crippen molar-refractivity contribution in [2.24, 2.45) is 0 Å². The smallest absolute Gasteiger partial charge is 0.336 e. The number of ether oxygens (including phenoxy) is 1. The number of piperazine rings is 1. The third kappa shape index (κ3) is 4.21. The zero-order valence-corrected chi connectivity index (χ0v) is 20.2. The Bertz CT molecular complexity index is 1250. The minimum Gasteiger partial charge on any atom is -0.461 e. The lowest BCUT2D eigenvalue weighted by Gasteiger charge is -2.33. The summed E-state index contributed by atoms with van der Waals surface area (Å²) in [4.78, 5) is 14.3. The van der Waals surface area contributed by atoms with Crippen molar-refractivity contribution in [3.8, 4) is 12.1 Å². The average molecular weight is 473 g/mol. The van der Waals surface area contributed by atoms with E-state index < -0.39 is 0 Å². The molecule has 9 nitrogen and oxygen atoms in total. The number of nitrogens with one attached hydrogen (secondary N) is 1. The van der Waals surface area contributed by atoms with Crippen LogP contribution < -0.4 is 15.0 Å². The minimum atomic E-state index is 0.108. The maximum Gasteiger partial charge on any atom is 0.336 e. The highest BCUT2D eigenvalue weighted by molar-refractivity contribution is 5.65. The summed E-state index contributed by atoms with van der Waals surface area (Å²) in [5.41, 5.74) is 4.61. The summed E-state index contributed by atoms with van der Waals surface area (Å²) in [6, 6.07) is 11.9. The van der Waals surface area contributed by atoms with Crippen LogP contribution in [-0.2, 0) is 6.42 Å². The van der Waals surface area contributed by atoms with E-state index in [1.54, 1.807) is 0 Å². The van der Waals surface area contributed by atoms with Crippen LogP contribution in [0.5, 0.6) is 6.01 Å². The molecule has 1 aromatic carbocycles. The number of aromatic nitrogens is 4. The number of hydrogen-bond donors (Lipinski definition) is 1. The van der Waals surface area contributed by atoms with Gasteiger partial charge >= 0.3 is 6.01 Å². The number of anilines is 1. The Morgan fingerprint density at radius 3 is 3.00 bits per heavy atom. The molecule has 1 N–H and O–H groups in total. The van der Waals surface area contributed by atoms with Crippen molar-refractivity contribution in [3.05, 3.63) is 47.3 Å². The molecule has 2 unspecified atom stereocenters. The second-order valence-electron chi connectivity index (χ2n) is 9.97. The Hall–Kier alpha value is -3.22. The topological polar surface area (TPSA) is 94.6 Å². The zero-order valence-electron chi connectivity index (χ0n) is 20.2. The van der Waals surface area contributed by atoms with Gasteiger partial charge in [-0.05, 0) is 50.4 Å². The number of hydrogen-bond acceptors (Lipinski definition) is 8. The van der Waals surface area contributed by atoms with E-state index in [0.717, 1.165) is 56.1 Å². The molecule has 6 rings (SSSR count). The van der Waals surface area contributed by atoms with Crippen molar-refractivity contribution in [2.75, 3.05) is 44.7 Å². The van der Waals surface area contributed by atoms with Crippen molar-refractivity contribution in [3.63, 3.8) is 0 Å². The number of nitriles is 1. The third-order valence-electron chi connectivity index (χ3n) is 7.81. The predicted molar refractivity (Wildman–Crippen MR) is 133 cm³/mol. The lowest BCUT2D eigenvalue weighted by Crippen LogP contribution is -2.51. The Balaban J connectivity index is 1.38. The second kappa shape index (κ2) is 9.44. The first kappa shape index (κ1) is 22.3. The maximum atomic E-state index is 9.22. The van der Waals surface area contributed by atoms with Crippen molar-refractivity contribution in [1.29, 1.82) is 5.26 Å². The summed E-state index contributed by atoms with van der Waals surface area (Å²) < 4.78 is 8.19. The van der Waals surface area contributed by atoms with Crippen LogP contribution in [-0.4, -0.2) is 76.4 Å². The van der Waals surface area contributed by atoms with Crippen molar-refractivity contribution >= 4 is 11.5 Å². The van der Waals surface area contributed by atoms with E-state index in [9.17, 15) is 5.26 Å². The third-order valence-corrected chi connectivity index (χ3v) is 7.81. The number of imidazole rings is 1. The van der Waals surface area contributed by atoms with Crippen molar-refractivity contribution in [2.45, 2.75) is 50.1 Å². The average Bonchev–Trinajstić information content (AvgIpc) is 3.60. The van der Waals surface area contributed by atoms with Gasteiger partial charge in [-0.25, -0.2) is 9.50 Å². The molecule has 2 saturated heterocycles. The lowest BCUT2D eigenvalue weighted by atomic mass is 9.98. The van der Waals surface area contributed by atoms with E-state index >= 15 is 0 Å². The fourth-order valence-electron chi connectivity index (χ4n) is 5.87. The quantitative estimate of drug-likeness (QED) is 0.584. The molecular formula is C26H32N8O. The standard InChI is InChI=1S/C26H32N8O/c1-32-13-4-6-20(32)17-35-26-30-25(33-14-12-28-19(16-33)10-11-27)24-29-15-23(34(24)31-26)22-9-8-18-5-2-3-7-21(18)22/h2-3,5,7,15,19-20,22,28H,4,6,8-10,12-14,16-17H2,1H3/t19-,20?,22?/m0/s1. The number of nitrogens with zero attached hydrogens (tertiary/aromatic N) is 7. The fraction of sp³-hybridized carbons (Fsp3) is 0.538. The summed E-state index contributed by atoms with van der Waals surface area (Å²) in [7, 11) is 2.15. The van der Waals surface area contributed by atoms with Gasteiger partial charge in [0.25, 0.3) is 0 Å². The first-order valence-corrected chi connectivity index (χ1v) is 12.7. The molecule has 3 aromatic rings. The molecule has 35 heavy (non-hydrogen) atoms. The van der Waals surface area contributed by atoms with Crippen LogP contribution in [0.1, 0.15) is 48.4 Å². The summed E-state index contributed by atoms with van der Waals surface area (Å²) in [6.07, 6.45) is 6.87. The molecule has 2 aromatic heterocycles. The Labute approximate surface area is 205 Å². The molecule has 9 heteroatoms. The summed E-state index contributed by atoms with van der Waals surface area (Å²) in [6.45, 7) is 3.99. The summed E-state index contributed by atoms with van der Waals surface area (Å²) >= 11 is 0. The normalized spacial score (nSPS) is 24.6. The van der Waals surface area contributed by atoms with Gasteiger partial charge < -0.3 is 19.9 Å². The van der Waals surface area contributed by atoms with Gasteiger partial charge in [-0.15, -0.1) is 5.10 Å². The number of benzene rings is 1. The SMILES string of the molecule is CN1CCCC1COc1nc(N2CCN[C@@H](CC#N)C2)c2ncc(C3CCc4ccccc43)n2n1. The predicted octanol–water partition coefficient (Wildman–Crippen LogP) is 2.37. The van der Waals surface area contributed by atoms with Gasteiger partial charge in [0, 0.05) is 37.6 Å². The van der Waals surface area contributed by atoms with E-state index in [0.29, 0.717) is 31.6 Å². The fourth-order valence-corrected chi connectivity index (χ4v) is 5.87. The van der Waals surface area contributed by atoms with E-state index in [1.807, 2.05) is 10.7 Å². The van der Waals surface area contributed by atoms with Crippen molar-refractivity contribution in [1.82, 2.24) is 29.8 Å². The van der Waals surface area contributed by atoms with E-state index in [4.69, 9.17) is 19.8 Å². The van der Waals surface area contributed by atoms with Crippen LogP contribution in [0, 0.1) is 11.3 Å². The van der Waals surface area contributed by atoms with Crippen LogP contribution in [0.3, 0.4) is 0 Å². The van der Waals surface area contributed by atoms with Gasteiger partial charge in [-0.3, -0.25) is 0 Å². The van der Waals surface area contributed by atoms with Gasteiger partial charge in [-0.2, -0.15) is 10.2 Å². The molecule has 0 amide bonds. The summed E-state index contributed by atoms with van der Waals surface area (Å²) in [5.74, 6) is 1.05. The maximum absolute atomic E-state index is 9.22. The molecule has 4 heterocycles. The minimum absolute atomic E-state index is 0.108. The highest BCUT2D eigenvalue weighted by Gasteiger charge is 2.30. The van der Waals surface area contributed by atoms with Gasteiger partial charge in [0.05, 0.1) is 24.4 Å². The molecule has 2 aliphatic heterocycles. The molecule has 0 radical (unpaired) electrons. The van der Waals surface area contributed by atoms with Gasteiger partial charge in [0.2, 0.25) is 0 Å². The number of fused-ring (bicyclic) bond motifs is 2. The van der Waals surface area contributed by atoms with E-state index in [2.05, 4.69) is 52.5 Å². The van der Waals surface area contributed by atoms with Crippen LogP contribution in [0.4, 0.5) is 5.82 Å². The molecule has 2 fully saturated rings. The number of aryl methyl sites for hydroxylation is 1. The molecule has 0 bridgehead atoms. The zero-order chi connectivity index (χ0) is 23.8. The molecule has 3 atom stereocenters. The number of likely N-dealkylation sites (tertiary alicyclic amines) is 1. The first-order valence-electron chi connectivity index (χ1n) is 12.7. The second-order valence-corrected chi connectivity index (χ2v) is 9.97. The van der Waals surface area contributed by atoms with E-state index in [-0.39, 0.29) is 12.0 Å².